The molecule has 1 aromatic carbocycles. The molecule has 0 bridgehead atoms. The van der Waals surface area contributed by atoms with Crippen LogP contribution in [0.1, 0.15) is 115 Å². The highest BCUT2D eigenvalue weighted by molar-refractivity contribution is 7.79. The van der Waals surface area contributed by atoms with E-state index in [1.165, 1.54) is 28.5 Å². The summed E-state index contributed by atoms with van der Waals surface area (Å²) in [4.78, 5) is 12.2. The molecule has 0 fully saturated rings. The minimum absolute atomic E-state index is 0.0938. The zero-order valence-corrected chi connectivity index (χ0v) is 21.5. The maximum Gasteiger partial charge on any atom is 0.152 e. The Labute approximate surface area is 187 Å². The lowest BCUT2D eigenvalue weighted by atomic mass is 9.73. The first kappa shape index (κ1) is 26.8. The molecule has 0 saturated carbocycles. The number of ketones is 1. The summed E-state index contributed by atoms with van der Waals surface area (Å²) in [7, 11) is 0. The minimum Gasteiger partial charge on any atom is -0.300 e. The Morgan fingerprint density at radius 3 is 1.83 bits per heavy atom. The number of Topliss-reactive ketones (excluding diaryl/α,β-unsaturated/α-hetero) is 1. The molecular formula is C26H42O3S. The molecule has 0 radical (unpaired) electrons. The van der Waals surface area contributed by atoms with E-state index in [0.717, 1.165) is 5.57 Å². The molecule has 0 saturated heterocycles. The van der Waals surface area contributed by atoms with Crippen LogP contribution in [0.2, 0.25) is 0 Å². The molecule has 4 heteroatoms. The van der Waals surface area contributed by atoms with Gasteiger partial charge in [-0.05, 0) is 65.7 Å². The van der Waals surface area contributed by atoms with Gasteiger partial charge in [-0.25, -0.2) is 4.21 Å². The quantitative estimate of drug-likeness (QED) is 0.352. The van der Waals surface area contributed by atoms with Gasteiger partial charge in [-0.1, -0.05) is 72.2 Å². The van der Waals surface area contributed by atoms with E-state index in [-0.39, 0.29) is 17.6 Å². The lowest BCUT2D eigenvalue weighted by Gasteiger charge is -2.32. The Bertz CT molecular complexity index is 745. The fourth-order valence-electron chi connectivity index (χ4n) is 4.19. The van der Waals surface area contributed by atoms with Crippen molar-refractivity contribution < 1.29 is 13.2 Å². The van der Waals surface area contributed by atoms with Crippen molar-refractivity contribution in [1.29, 1.82) is 0 Å². The summed E-state index contributed by atoms with van der Waals surface area (Å²) in [5, 5.41) is 0. The number of carbonyl (C=O) groups excluding carboxylic acids is 1. The first-order valence-corrected chi connectivity index (χ1v) is 12.6. The standard InChI is InChI=1S/C26H42O3S/c1-16(2)22-14-23(17(3)4)26(24(15-22)18(5)6)21(9)25(13-20(8)27)19(7)11-12-29-30(10)28/h11,14-18,21,25H,12-13H2,1-10H3/b19-11+/t21-,25+,30?/m0/s1. The van der Waals surface area contributed by atoms with Crippen LogP contribution in [0.4, 0.5) is 0 Å². The SMILES string of the molecule is CC(=O)C[C@H](/C(C)=C/COS(C)=O)[C@H](C)c1c(C(C)C)cc(C(C)C)cc1C(C)C. The second-order valence-corrected chi connectivity index (χ2v) is 10.6. The molecule has 0 N–H and O–H groups in total. The smallest absolute Gasteiger partial charge is 0.152 e. The lowest BCUT2D eigenvalue weighted by molar-refractivity contribution is -0.117. The van der Waals surface area contributed by atoms with E-state index in [2.05, 4.69) is 67.5 Å². The molecule has 1 aromatic rings. The van der Waals surface area contributed by atoms with Crippen LogP contribution < -0.4 is 0 Å². The molecule has 0 aromatic heterocycles. The van der Waals surface area contributed by atoms with E-state index in [4.69, 9.17) is 4.18 Å². The van der Waals surface area contributed by atoms with Crippen LogP contribution in [0, 0.1) is 5.92 Å². The lowest BCUT2D eigenvalue weighted by Crippen LogP contribution is -2.20. The van der Waals surface area contributed by atoms with Gasteiger partial charge in [-0.2, -0.15) is 0 Å². The minimum atomic E-state index is -1.29. The van der Waals surface area contributed by atoms with Crippen LogP contribution in [0.3, 0.4) is 0 Å². The van der Waals surface area contributed by atoms with Gasteiger partial charge in [-0.3, -0.25) is 4.18 Å². The van der Waals surface area contributed by atoms with E-state index in [0.29, 0.717) is 30.8 Å². The third-order valence-electron chi connectivity index (χ3n) is 5.97. The Morgan fingerprint density at radius 2 is 1.47 bits per heavy atom. The zero-order valence-electron chi connectivity index (χ0n) is 20.7. The number of hydrogen-bond donors (Lipinski definition) is 0. The average molecular weight is 435 g/mol. The van der Waals surface area contributed by atoms with Crippen LogP contribution in [-0.2, 0) is 20.1 Å². The summed E-state index contributed by atoms with van der Waals surface area (Å²) in [5.41, 5.74) is 6.69. The highest BCUT2D eigenvalue weighted by atomic mass is 32.2. The second-order valence-electron chi connectivity index (χ2n) is 9.51. The number of hydrogen-bond acceptors (Lipinski definition) is 3. The largest absolute Gasteiger partial charge is 0.300 e. The topological polar surface area (TPSA) is 43.4 Å². The molecule has 0 aliphatic rings. The Morgan fingerprint density at radius 1 is 0.967 bits per heavy atom. The maximum absolute atomic E-state index is 12.2. The maximum atomic E-state index is 12.2. The van der Waals surface area contributed by atoms with Gasteiger partial charge in [0, 0.05) is 12.7 Å². The van der Waals surface area contributed by atoms with Crippen molar-refractivity contribution in [2.45, 2.75) is 92.4 Å². The Balaban J connectivity index is 3.58. The molecule has 0 heterocycles. The molecule has 0 aliphatic heterocycles. The summed E-state index contributed by atoms with van der Waals surface area (Å²) >= 11 is -1.29. The summed E-state index contributed by atoms with van der Waals surface area (Å²) in [5.74, 6) is 1.78. The van der Waals surface area contributed by atoms with Crippen LogP contribution >= 0.6 is 0 Å². The zero-order chi connectivity index (χ0) is 23.2. The van der Waals surface area contributed by atoms with Gasteiger partial charge in [0.2, 0.25) is 0 Å². The van der Waals surface area contributed by atoms with Crippen LogP contribution in [0.5, 0.6) is 0 Å². The van der Waals surface area contributed by atoms with Crippen molar-refractivity contribution in [1.82, 2.24) is 0 Å². The first-order chi connectivity index (χ1) is 13.9. The number of benzene rings is 1. The molecule has 0 aliphatic carbocycles. The predicted octanol–water partition coefficient (Wildman–Crippen LogP) is 7.01. The monoisotopic (exact) mass is 434 g/mol. The van der Waals surface area contributed by atoms with Crippen molar-refractivity contribution in [3.05, 3.63) is 46.0 Å². The Kier molecular flexibility index (Phi) is 10.7. The molecule has 0 amide bonds. The fourth-order valence-corrected chi connectivity index (χ4v) is 4.45. The molecular weight excluding hydrogens is 392 g/mol. The average Bonchev–Trinajstić information content (AvgIpc) is 2.63. The van der Waals surface area contributed by atoms with Gasteiger partial charge in [0.15, 0.2) is 11.1 Å². The fraction of sp³-hybridized carbons (Fsp3) is 0.654. The molecule has 170 valence electrons. The molecule has 1 rings (SSSR count). The van der Waals surface area contributed by atoms with Gasteiger partial charge in [0.1, 0.15) is 5.78 Å². The summed E-state index contributed by atoms with van der Waals surface area (Å²) in [6, 6.07) is 4.75. The van der Waals surface area contributed by atoms with Gasteiger partial charge < -0.3 is 4.79 Å². The van der Waals surface area contributed by atoms with E-state index in [1.807, 2.05) is 6.08 Å². The number of carbonyl (C=O) groups is 1. The Hall–Kier alpha value is -1.26. The van der Waals surface area contributed by atoms with Crippen molar-refractivity contribution in [3.63, 3.8) is 0 Å². The van der Waals surface area contributed by atoms with Gasteiger partial charge in [0.25, 0.3) is 0 Å². The van der Waals surface area contributed by atoms with Crippen molar-refractivity contribution in [3.8, 4) is 0 Å². The highest BCUT2D eigenvalue weighted by Gasteiger charge is 2.28. The third-order valence-corrected chi connectivity index (χ3v) is 6.44. The summed E-state index contributed by atoms with van der Waals surface area (Å²) < 4.78 is 16.5. The first-order valence-electron chi connectivity index (χ1n) is 11.2. The highest BCUT2D eigenvalue weighted by Crippen LogP contribution is 2.42. The van der Waals surface area contributed by atoms with E-state index < -0.39 is 11.1 Å². The van der Waals surface area contributed by atoms with Crippen molar-refractivity contribution in [2.75, 3.05) is 12.9 Å². The molecule has 1 unspecified atom stereocenters. The second kappa shape index (κ2) is 12.0. The van der Waals surface area contributed by atoms with Gasteiger partial charge in [0.05, 0.1) is 6.61 Å². The molecule has 30 heavy (non-hydrogen) atoms. The number of allylic oxidation sites excluding steroid dienone is 1. The summed E-state index contributed by atoms with van der Waals surface area (Å²) in [6.45, 7) is 19.8. The van der Waals surface area contributed by atoms with Crippen LogP contribution in [0.25, 0.3) is 0 Å². The van der Waals surface area contributed by atoms with Crippen molar-refractivity contribution in [2.24, 2.45) is 5.92 Å². The predicted molar refractivity (Wildman–Crippen MR) is 130 cm³/mol. The molecule has 3 nitrogen and oxygen atoms in total. The van der Waals surface area contributed by atoms with E-state index in [1.54, 1.807) is 6.92 Å². The van der Waals surface area contributed by atoms with Gasteiger partial charge in [-0.15, -0.1) is 0 Å². The van der Waals surface area contributed by atoms with E-state index >= 15 is 0 Å². The molecule has 3 atom stereocenters. The van der Waals surface area contributed by atoms with Gasteiger partial charge >= 0.3 is 0 Å². The van der Waals surface area contributed by atoms with E-state index in [9.17, 15) is 9.00 Å². The number of rotatable bonds is 11. The van der Waals surface area contributed by atoms with Crippen LogP contribution in [0.15, 0.2) is 23.8 Å². The van der Waals surface area contributed by atoms with Crippen molar-refractivity contribution >= 4 is 16.9 Å². The third kappa shape index (κ3) is 7.46. The normalized spacial score (nSPS) is 15.7. The summed E-state index contributed by atoms with van der Waals surface area (Å²) in [6.07, 6.45) is 4.01. The van der Waals surface area contributed by atoms with Crippen LogP contribution in [-0.4, -0.2) is 22.9 Å². The molecule has 0 spiro atoms.